The minimum Gasteiger partial charge on any atom is -0.247 e. The van der Waals surface area contributed by atoms with Crippen LogP contribution in [0.1, 0.15) is 0 Å². The van der Waals surface area contributed by atoms with Crippen LogP contribution in [0.4, 0.5) is 0 Å². The van der Waals surface area contributed by atoms with E-state index in [0.29, 0.717) is 0 Å². The van der Waals surface area contributed by atoms with Gasteiger partial charge in [-0.3, -0.25) is 0 Å². The van der Waals surface area contributed by atoms with Crippen LogP contribution in [-0.2, 0) is 0 Å². The zero-order chi connectivity index (χ0) is 7.97. The van der Waals surface area contributed by atoms with E-state index in [1.54, 1.807) is 11.5 Å². The maximum absolute atomic E-state index is 4.45. The molecule has 0 unspecified atom stereocenters. The second-order valence-electron chi connectivity index (χ2n) is 2.66. The van der Waals surface area contributed by atoms with E-state index in [1.165, 1.54) is 5.52 Å². The molecule has 2 aromatic heterocycles. The van der Waals surface area contributed by atoms with Gasteiger partial charge in [-0.15, -0.1) is 0 Å². The van der Waals surface area contributed by atoms with E-state index in [0.717, 1.165) is 11.2 Å². The number of rotatable bonds is 0. The van der Waals surface area contributed by atoms with Crippen LogP contribution in [0.15, 0.2) is 35.7 Å². The summed E-state index contributed by atoms with van der Waals surface area (Å²) in [5.41, 5.74) is 3.31. The first kappa shape index (κ1) is 6.20. The highest BCUT2D eigenvalue weighted by molar-refractivity contribution is 7.05. The van der Waals surface area contributed by atoms with E-state index in [2.05, 4.69) is 20.2 Å². The van der Waals surface area contributed by atoms with E-state index in [9.17, 15) is 0 Å². The predicted octanol–water partition coefficient (Wildman–Crippen LogP) is 2.55. The van der Waals surface area contributed by atoms with Crippen LogP contribution >= 0.6 is 11.5 Å². The van der Waals surface area contributed by atoms with Gasteiger partial charge in [-0.1, -0.05) is 23.7 Å². The van der Waals surface area contributed by atoms with Crippen molar-refractivity contribution in [3.8, 4) is 0 Å². The highest BCUT2D eigenvalue weighted by Crippen LogP contribution is 2.18. The van der Waals surface area contributed by atoms with Crippen molar-refractivity contribution in [2.45, 2.75) is 0 Å². The molecule has 58 valence electrons. The molecule has 12 heavy (non-hydrogen) atoms. The molecule has 0 amide bonds. The van der Waals surface area contributed by atoms with Crippen molar-refractivity contribution >= 4 is 28.2 Å². The summed E-state index contributed by atoms with van der Waals surface area (Å²) >= 11 is 1.68. The number of para-hydroxylation sites is 2. The van der Waals surface area contributed by atoms with Crippen molar-refractivity contribution < 1.29 is 0 Å². The van der Waals surface area contributed by atoms with Crippen molar-refractivity contribution in [1.82, 2.24) is 8.77 Å². The van der Waals surface area contributed by atoms with Gasteiger partial charge in [-0.2, -0.15) is 0 Å². The minimum absolute atomic E-state index is 1.04. The van der Waals surface area contributed by atoms with E-state index in [-0.39, 0.29) is 0 Å². The lowest BCUT2D eigenvalue weighted by Crippen LogP contribution is -1.70. The standard InChI is InChI=1S/C9H6N2S/c1-2-4-8-7(3-1)10-9-5-6-12-11(8)9/h1-6H. The van der Waals surface area contributed by atoms with Crippen LogP contribution in [0.25, 0.3) is 16.7 Å². The SMILES string of the molecule is c1ccc2c(c1)nc1ccsn12. The van der Waals surface area contributed by atoms with Gasteiger partial charge in [-0.25, -0.2) is 8.77 Å². The highest BCUT2D eigenvalue weighted by atomic mass is 32.1. The molecule has 3 rings (SSSR count). The summed E-state index contributed by atoms with van der Waals surface area (Å²) in [5, 5.41) is 2.05. The van der Waals surface area contributed by atoms with Gasteiger partial charge in [0.05, 0.1) is 11.0 Å². The van der Waals surface area contributed by atoms with Crippen molar-refractivity contribution in [3.63, 3.8) is 0 Å². The Bertz CT molecular complexity index is 534. The molecular formula is C9H6N2S. The van der Waals surface area contributed by atoms with E-state index in [4.69, 9.17) is 0 Å². The summed E-state index contributed by atoms with van der Waals surface area (Å²) < 4.78 is 2.13. The molecular weight excluding hydrogens is 168 g/mol. The summed E-state index contributed by atoms with van der Waals surface area (Å²) in [6, 6.07) is 10.2. The minimum atomic E-state index is 1.04. The number of imidazole rings is 1. The third kappa shape index (κ3) is 0.662. The lowest BCUT2D eigenvalue weighted by atomic mass is 10.3. The molecule has 0 saturated carbocycles. The summed E-state index contributed by atoms with van der Waals surface area (Å²) in [6.45, 7) is 0. The molecule has 2 nitrogen and oxygen atoms in total. The van der Waals surface area contributed by atoms with Crippen LogP contribution in [0.3, 0.4) is 0 Å². The molecule has 3 heteroatoms. The fraction of sp³-hybridized carbons (Fsp3) is 0. The molecule has 0 aliphatic heterocycles. The molecule has 0 bridgehead atoms. The molecule has 0 N–H and O–H groups in total. The number of hydrogen-bond acceptors (Lipinski definition) is 2. The van der Waals surface area contributed by atoms with Gasteiger partial charge < -0.3 is 0 Å². The Labute approximate surface area is 73.2 Å². The number of fused-ring (bicyclic) bond motifs is 3. The first-order valence-electron chi connectivity index (χ1n) is 3.76. The first-order chi connectivity index (χ1) is 5.95. The average molecular weight is 174 g/mol. The van der Waals surface area contributed by atoms with Crippen LogP contribution < -0.4 is 0 Å². The van der Waals surface area contributed by atoms with Gasteiger partial charge in [0.25, 0.3) is 0 Å². The summed E-state index contributed by atoms with van der Waals surface area (Å²) in [6.07, 6.45) is 0. The predicted molar refractivity (Wildman–Crippen MR) is 50.6 cm³/mol. The van der Waals surface area contributed by atoms with Crippen molar-refractivity contribution in [2.75, 3.05) is 0 Å². The quantitative estimate of drug-likeness (QED) is 0.512. The van der Waals surface area contributed by atoms with Crippen LogP contribution in [-0.4, -0.2) is 8.77 Å². The number of hydrogen-bond donors (Lipinski definition) is 0. The second kappa shape index (κ2) is 2.08. The fourth-order valence-electron chi connectivity index (χ4n) is 1.39. The Hall–Kier alpha value is -1.35. The Morgan fingerprint density at radius 3 is 3.08 bits per heavy atom. The van der Waals surface area contributed by atoms with Crippen molar-refractivity contribution in [3.05, 3.63) is 35.7 Å². The Balaban J connectivity index is 2.68. The fourth-order valence-corrected chi connectivity index (χ4v) is 2.17. The van der Waals surface area contributed by atoms with Crippen LogP contribution in [0.2, 0.25) is 0 Å². The van der Waals surface area contributed by atoms with Gasteiger partial charge in [0.15, 0.2) is 0 Å². The molecule has 0 saturated heterocycles. The van der Waals surface area contributed by atoms with Crippen LogP contribution in [0.5, 0.6) is 0 Å². The number of aromatic nitrogens is 2. The van der Waals surface area contributed by atoms with Gasteiger partial charge in [0.1, 0.15) is 5.65 Å². The second-order valence-corrected chi connectivity index (χ2v) is 3.51. The summed E-state index contributed by atoms with van der Waals surface area (Å²) in [7, 11) is 0. The Morgan fingerprint density at radius 2 is 2.08 bits per heavy atom. The maximum atomic E-state index is 4.45. The van der Waals surface area contributed by atoms with Crippen LogP contribution in [0, 0.1) is 0 Å². The zero-order valence-corrected chi connectivity index (χ0v) is 7.08. The summed E-state index contributed by atoms with van der Waals surface area (Å²) in [4.78, 5) is 4.45. The number of nitrogens with zero attached hydrogens (tertiary/aromatic N) is 2. The van der Waals surface area contributed by atoms with Gasteiger partial charge in [0.2, 0.25) is 0 Å². The topological polar surface area (TPSA) is 17.3 Å². The molecule has 0 radical (unpaired) electrons. The Kier molecular flexibility index (Phi) is 1.07. The maximum Gasteiger partial charge on any atom is 0.148 e. The summed E-state index contributed by atoms with van der Waals surface area (Å²) in [5.74, 6) is 0. The van der Waals surface area contributed by atoms with Crippen molar-refractivity contribution in [1.29, 1.82) is 0 Å². The molecule has 1 aromatic carbocycles. The normalized spacial score (nSPS) is 11.3. The van der Waals surface area contributed by atoms with Gasteiger partial charge in [-0.05, 0) is 18.2 Å². The third-order valence-corrected chi connectivity index (χ3v) is 2.78. The van der Waals surface area contributed by atoms with E-state index >= 15 is 0 Å². The first-order valence-corrected chi connectivity index (χ1v) is 4.60. The van der Waals surface area contributed by atoms with Gasteiger partial charge in [0, 0.05) is 5.38 Å². The lowest BCUT2D eigenvalue weighted by molar-refractivity contribution is 1.41. The monoisotopic (exact) mass is 174 g/mol. The molecule has 0 fully saturated rings. The molecule has 2 heterocycles. The van der Waals surface area contributed by atoms with E-state index < -0.39 is 0 Å². The number of benzene rings is 1. The molecule has 3 aromatic rings. The third-order valence-electron chi connectivity index (χ3n) is 1.93. The zero-order valence-electron chi connectivity index (χ0n) is 6.27. The van der Waals surface area contributed by atoms with Crippen molar-refractivity contribution in [2.24, 2.45) is 0 Å². The lowest BCUT2D eigenvalue weighted by Gasteiger charge is -1.85. The molecule has 0 aliphatic rings. The average Bonchev–Trinajstić information content (AvgIpc) is 2.62. The molecule has 0 atom stereocenters. The van der Waals surface area contributed by atoms with E-state index in [1.807, 2.05) is 24.3 Å². The Morgan fingerprint density at radius 1 is 1.17 bits per heavy atom. The highest BCUT2D eigenvalue weighted by Gasteiger charge is 2.02. The largest absolute Gasteiger partial charge is 0.247 e. The molecule has 0 aliphatic carbocycles. The smallest absolute Gasteiger partial charge is 0.148 e. The molecule has 0 spiro atoms. The van der Waals surface area contributed by atoms with Gasteiger partial charge >= 0.3 is 0 Å².